The van der Waals surface area contributed by atoms with Gasteiger partial charge in [-0.3, -0.25) is 0 Å². The minimum Gasteiger partial charge on any atom is -0.493 e. The van der Waals surface area contributed by atoms with E-state index in [1.807, 2.05) is 44.2 Å². The van der Waals surface area contributed by atoms with Gasteiger partial charge < -0.3 is 30.4 Å². The standard InChI is InChI=1S/C22H24N4O4/c1-3-27-18-8-13(7-15-11-25-22(24)26-21(15)23)9-19(28-4-2)20(18)14-5-6-16-17(10-14)30-12-29-16/h5-6,8-11H,3-4,7,12H2,1-2H3,(H4,23,24,25,26). The van der Waals surface area contributed by atoms with Crippen LogP contribution in [0.15, 0.2) is 36.5 Å². The first-order valence-electron chi connectivity index (χ1n) is 9.78. The highest BCUT2D eigenvalue weighted by molar-refractivity contribution is 5.79. The maximum atomic E-state index is 6.02. The molecule has 0 aliphatic carbocycles. The fourth-order valence-electron chi connectivity index (χ4n) is 3.41. The van der Waals surface area contributed by atoms with Crippen LogP contribution in [0.25, 0.3) is 11.1 Å². The van der Waals surface area contributed by atoms with Gasteiger partial charge in [0.15, 0.2) is 11.5 Å². The Kier molecular flexibility index (Phi) is 5.47. The summed E-state index contributed by atoms with van der Waals surface area (Å²) in [6.07, 6.45) is 2.16. The third-order valence-corrected chi connectivity index (χ3v) is 4.70. The van der Waals surface area contributed by atoms with Crippen molar-refractivity contribution < 1.29 is 18.9 Å². The van der Waals surface area contributed by atoms with Gasteiger partial charge in [-0.15, -0.1) is 0 Å². The van der Waals surface area contributed by atoms with Gasteiger partial charge in [-0.1, -0.05) is 6.07 Å². The van der Waals surface area contributed by atoms with Crippen molar-refractivity contribution in [1.29, 1.82) is 0 Å². The zero-order chi connectivity index (χ0) is 21.1. The van der Waals surface area contributed by atoms with Crippen molar-refractivity contribution in [3.8, 4) is 34.1 Å². The molecule has 1 aliphatic heterocycles. The minimum atomic E-state index is 0.152. The van der Waals surface area contributed by atoms with Crippen LogP contribution in [-0.2, 0) is 6.42 Å². The Morgan fingerprint density at radius 1 is 0.967 bits per heavy atom. The van der Waals surface area contributed by atoms with Gasteiger partial charge >= 0.3 is 0 Å². The van der Waals surface area contributed by atoms with E-state index in [0.717, 1.165) is 28.0 Å². The second-order valence-corrected chi connectivity index (χ2v) is 6.72. The Balaban J connectivity index is 1.79. The highest BCUT2D eigenvalue weighted by Crippen LogP contribution is 2.44. The lowest BCUT2D eigenvalue weighted by molar-refractivity contribution is 0.174. The lowest BCUT2D eigenvalue weighted by Gasteiger charge is -2.18. The molecule has 8 heteroatoms. The van der Waals surface area contributed by atoms with Crippen LogP contribution in [0, 0.1) is 0 Å². The molecule has 0 atom stereocenters. The average molecular weight is 408 g/mol. The molecule has 2 aromatic carbocycles. The maximum absolute atomic E-state index is 6.02. The fraction of sp³-hybridized carbons (Fsp3) is 0.273. The van der Waals surface area contributed by atoms with Gasteiger partial charge in [0, 0.05) is 18.2 Å². The van der Waals surface area contributed by atoms with Crippen molar-refractivity contribution >= 4 is 11.8 Å². The van der Waals surface area contributed by atoms with Crippen LogP contribution in [0.3, 0.4) is 0 Å². The number of nitrogens with zero attached hydrogens (tertiary/aromatic N) is 2. The van der Waals surface area contributed by atoms with E-state index in [2.05, 4.69) is 9.97 Å². The van der Waals surface area contributed by atoms with E-state index in [0.29, 0.717) is 42.7 Å². The van der Waals surface area contributed by atoms with Crippen molar-refractivity contribution in [1.82, 2.24) is 9.97 Å². The van der Waals surface area contributed by atoms with E-state index in [1.165, 1.54) is 0 Å². The number of hydrogen-bond acceptors (Lipinski definition) is 8. The first-order chi connectivity index (χ1) is 14.6. The van der Waals surface area contributed by atoms with Crippen LogP contribution in [0.2, 0.25) is 0 Å². The molecule has 4 rings (SSSR count). The number of ether oxygens (including phenoxy) is 4. The number of nitrogens with two attached hydrogens (primary N) is 2. The summed E-state index contributed by atoms with van der Waals surface area (Å²) in [5.41, 5.74) is 15.2. The third-order valence-electron chi connectivity index (χ3n) is 4.70. The third kappa shape index (κ3) is 3.89. The second kappa shape index (κ2) is 8.36. The molecule has 8 nitrogen and oxygen atoms in total. The van der Waals surface area contributed by atoms with Gasteiger partial charge in [-0.2, -0.15) is 4.98 Å². The Morgan fingerprint density at radius 3 is 2.33 bits per heavy atom. The molecular formula is C22H24N4O4. The fourth-order valence-corrected chi connectivity index (χ4v) is 3.41. The summed E-state index contributed by atoms with van der Waals surface area (Å²) in [6.45, 7) is 5.14. The molecule has 0 amide bonds. The van der Waals surface area contributed by atoms with Crippen molar-refractivity contribution in [2.24, 2.45) is 0 Å². The van der Waals surface area contributed by atoms with E-state index in [1.54, 1.807) is 6.20 Å². The molecule has 0 saturated carbocycles. The number of benzene rings is 2. The molecule has 2 heterocycles. The lowest BCUT2D eigenvalue weighted by atomic mass is 9.98. The predicted molar refractivity (Wildman–Crippen MR) is 114 cm³/mol. The summed E-state index contributed by atoms with van der Waals surface area (Å²) >= 11 is 0. The molecule has 1 aromatic heterocycles. The maximum Gasteiger partial charge on any atom is 0.231 e. The van der Waals surface area contributed by atoms with Crippen LogP contribution in [0.4, 0.5) is 11.8 Å². The Bertz CT molecular complexity index is 1040. The summed E-state index contributed by atoms with van der Waals surface area (Å²) in [5, 5.41) is 0. The topological polar surface area (TPSA) is 115 Å². The first-order valence-corrected chi connectivity index (χ1v) is 9.78. The SMILES string of the molecule is CCOc1cc(Cc2cnc(N)nc2N)cc(OCC)c1-c1ccc2c(c1)OCO2. The number of aromatic nitrogens is 2. The predicted octanol–water partition coefficient (Wildman–Crippen LogP) is 3.42. The van der Waals surface area contributed by atoms with Crippen molar-refractivity contribution in [3.05, 3.63) is 47.7 Å². The zero-order valence-corrected chi connectivity index (χ0v) is 17.0. The summed E-state index contributed by atoms with van der Waals surface area (Å²) in [5.74, 6) is 3.37. The number of nitrogen functional groups attached to an aromatic ring is 2. The molecule has 0 bridgehead atoms. The Labute approximate surface area is 174 Å². The highest BCUT2D eigenvalue weighted by atomic mass is 16.7. The van der Waals surface area contributed by atoms with Crippen LogP contribution < -0.4 is 30.4 Å². The highest BCUT2D eigenvalue weighted by Gasteiger charge is 2.20. The summed E-state index contributed by atoms with van der Waals surface area (Å²) < 4.78 is 23.0. The molecule has 0 fully saturated rings. The summed E-state index contributed by atoms with van der Waals surface area (Å²) in [4.78, 5) is 8.09. The molecule has 0 radical (unpaired) electrons. The molecule has 0 saturated heterocycles. The molecule has 0 spiro atoms. The number of anilines is 2. The monoisotopic (exact) mass is 408 g/mol. The van der Waals surface area contributed by atoms with Crippen molar-refractivity contribution in [2.45, 2.75) is 20.3 Å². The minimum absolute atomic E-state index is 0.152. The van der Waals surface area contributed by atoms with Gasteiger partial charge in [0.05, 0.1) is 18.8 Å². The van der Waals surface area contributed by atoms with Gasteiger partial charge in [0.1, 0.15) is 17.3 Å². The molecule has 30 heavy (non-hydrogen) atoms. The molecule has 3 aromatic rings. The second-order valence-electron chi connectivity index (χ2n) is 6.72. The van der Waals surface area contributed by atoms with Crippen LogP contribution in [-0.4, -0.2) is 30.0 Å². The van der Waals surface area contributed by atoms with Gasteiger partial charge in [-0.25, -0.2) is 4.98 Å². The van der Waals surface area contributed by atoms with E-state index in [-0.39, 0.29) is 12.7 Å². The quantitative estimate of drug-likeness (QED) is 0.611. The number of fused-ring (bicyclic) bond motifs is 1. The van der Waals surface area contributed by atoms with Crippen LogP contribution in [0.1, 0.15) is 25.0 Å². The average Bonchev–Trinajstić information content (AvgIpc) is 3.18. The van der Waals surface area contributed by atoms with Crippen LogP contribution >= 0.6 is 0 Å². The molecular weight excluding hydrogens is 384 g/mol. The van der Waals surface area contributed by atoms with Crippen LogP contribution in [0.5, 0.6) is 23.0 Å². The first kappa shape index (κ1) is 19.6. The largest absolute Gasteiger partial charge is 0.493 e. The summed E-state index contributed by atoms with van der Waals surface area (Å²) in [7, 11) is 0. The number of hydrogen-bond donors (Lipinski definition) is 2. The smallest absolute Gasteiger partial charge is 0.231 e. The van der Waals surface area contributed by atoms with E-state index >= 15 is 0 Å². The molecule has 156 valence electrons. The van der Waals surface area contributed by atoms with Crippen molar-refractivity contribution in [3.63, 3.8) is 0 Å². The normalized spacial score (nSPS) is 12.1. The van der Waals surface area contributed by atoms with Gasteiger partial charge in [-0.05, 0) is 49.2 Å². The number of rotatable bonds is 7. The zero-order valence-electron chi connectivity index (χ0n) is 17.0. The van der Waals surface area contributed by atoms with E-state index < -0.39 is 0 Å². The molecule has 0 unspecified atom stereocenters. The van der Waals surface area contributed by atoms with Gasteiger partial charge in [0.2, 0.25) is 12.7 Å². The Morgan fingerprint density at radius 2 is 1.67 bits per heavy atom. The van der Waals surface area contributed by atoms with Gasteiger partial charge in [0.25, 0.3) is 0 Å². The summed E-state index contributed by atoms with van der Waals surface area (Å²) in [6, 6.07) is 9.78. The van der Waals surface area contributed by atoms with E-state index in [9.17, 15) is 0 Å². The Hall–Kier alpha value is -3.68. The van der Waals surface area contributed by atoms with Crippen molar-refractivity contribution in [2.75, 3.05) is 31.5 Å². The van der Waals surface area contributed by atoms with E-state index in [4.69, 9.17) is 30.4 Å². The lowest BCUT2D eigenvalue weighted by Crippen LogP contribution is -2.05. The molecule has 4 N–H and O–H groups in total. The molecule has 1 aliphatic rings.